The molecular formula is C23H28N2O7S. The molecule has 178 valence electrons. The van der Waals surface area contributed by atoms with Gasteiger partial charge in [-0.2, -0.15) is 0 Å². The highest BCUT2D eigenvalue weighted by Crippen LogP contribution is 2.30. The number of hydrogen-bond acceptors (Lipinski definition) is 8. The summed E-state index contributed by atoms with van der Waals surface area (Å²) in [5.74, 6) is -0.654. The Bertz CT molecular complexity index is 1020. The lowest BCUT2D eigenvalue weighted by molar-refractivity contribution is -0.148. The van der Waals surface area contributed by atoms with E-state index < -0.39 is 24.5 Å². The molecule has 1 aromatic carbocycles. The number of rotatable bonds is 11. The minimum atomic E-state index is -0.799. The van der Waals surface area contributed by atoms with Crippen molar-refractivity contribution in [3.63, 3.8) is 0 Å². The number of Topliss-reactive ketones (excluding diaryl/α,β-unsaturated/α-hetero) is 1. The standard InChI is InChI=1S/C23H28N2O7S/c1-5-30-19-9-7-16(12-20(19)31-6-2)24-23(29)25-21(27)13-32-22(28)10-8-18(26)17-11-14(3)33-15(17)4/h7,9,11-12H,5-6,8,10,13H2,1-4H3,(H2,24,25,27,29). The smallest absolute Gasteiger partial charge is 0.325 e. The summed E-state index contributed by atoms with van der Waals surface area (Å²) in [4.78, 5) is 49.9. The average Bonchev–Trinajstić information content (AvgIpc) is 3.10. The molecule has 2 N–H and O–H groups in total. The number of benzene rings is 1. The third-order valence-electron chi connectivity index (χ3n) is 4.32. The maximum atomic E-state index is 12.2. The van der Waals surface area contributed by atoms with Crippen LogP contribution in [0, 0.1) is 13.8 Å². The second-order valence-corrected chi connectivity index (χ2v) is 8.40. The summed E-state index contributed by atoms with van der Waals surface area (Å²) in [7, 11) is 0. The summed E-state index contributed by atoms with van der Waals surface area (Å²) < 4.78 is 15.8. The van der Waals surface area contributed by atoms with E-state index in [1.54, 1.807) is 24.3 Å². The van der Waals surface area contributed by atoms with E-state index in [9.17, 15) is 19.2 Å². The molecule has 0 aliphatic rings. The van der Waals surface area contributed by atoms with Crippen LogP contribution in [0.3, 0.4) is 0 Å². The van der Waals surface area contributed by atoms with E-state index in [-0.39, 0.29) is 18.6 Å². The van der Waals surface area contributed by atoms with Crippen LogP contribution in [0.25, 0.3) is 0 Å². The van der Waals surface area contributed by atoms with E-state index in [4.69, 9.17) is 14.2 Å². The SMILES string of the molecule is CCOc1ccc(NC(=O)NC(=O)COC(=O)CCC(=O)c2cc(C)sc2C)cc1OCC. The number of amides is 3. The number of hydrogen-bond donors (Lipinski definition) is 2. The van der Waals surface area contributed by atoms with Crippen LogP contribution in [-0.2, 0) is 14.3 Å². The number of esters is 1. The summed E-state index contributed by atoms with van der Waals surface area (Å²) in [6.07, 6.45) is -0.170. The third kappa shape index (κ3) is 8.23. The van der Waals surface area contributed by atoms with Crippen molar-refractivity contribution in [1.82, 2.24) is 5.32 Å². The second kappa shape index (κ2) is 12.6. The molecule has 0 atom stereocenters. The van der Waals surface area contributed by atoms with Crippen molar-refractivity contribution < 1.29 is 33.4 Å². The predicted molar refractivity (Wildman–Crippen MR) is 124 cm³/mol. The largest absolute Gasteiger partial charge is 0.490 e. The van der Waals surface area contributed by atoms with Crippen molar-refractivity contribution in [3.05, 3.63) is 39.6 Å². The van der Waals surface area contributed by atoms with Crippen LogP contribution in [0.15, 0.2) is 24.3 Å². The van der Waals surface area contributed by atoms with Gasteiger partial charge in [0, 0.05) is 33.5 Å². The first kappa shape index (κ1) is 25.9. The topological polar surface area (TPSA) is 120 Å². The van der Waals surface area contributed by atoms with Gasteiger partial charge in [-0.3, -0.25) is 19.7 Å². The molecule has 0 aliphatic carbocycles. The molecule has 0 spiro atoms. The average molecular weight is 477 g/mol. The van der Waals surface area contributed by atoms with E-state index in [0.717, 1.165) is 9.75 Å². The normalized spacial score (nSPS) is 10.3. The molecule has 2 rings (SSSR count). The van der Waals surface area contributed by atoms with Crippen LogP contribution >= 0.6 is 11.3 Å². The zero-order valence-corrected chi connectivity index (χ0v) is 19.9. The van der Waals surface area contributed by atoms with E-state index in [1.165, 1.54) is 11.3 Å². The van der Waals surface area contributed by atoms with Gasteiger partial charge in [-0.15, -0.1) is 11.3 Å². The monoisotopic (exact) mass is 476 g/mol. The number of imide groups is 1. The lowest BCUT2D eigenvalue weighted by Crippen LogP contribution is -2.37. The number of ketones is 1. The van der Waals surface area contributed by atoms with Gasteiger partial charge in [0.15, 0.2) is 23.9 Å². The van der Waals surface area contributed by atoms with Gasteiger partial charge in [-0.05, 0) is 45.9 Å². The van der Waals surface area contributed by atoms with Gasteiger partial charge in [0.1, 0.15) is 0 Å². The van der Waals surface area contributed by atoms with Gasteiger partial charge in [-0.25, -0.2) is 4.79 Å². The van der Waals surface area contributed by atoms with Crippen LogP contribution < -0.4 is 20.1 Å². The van der Waals surface area contributed by atoms with E-state index in [2.05, 4.69) is 10.6 Å². The third-order valence-corrected chi connectivity index (χ3v) is 5.28. The van der Waals surface area contributed by atoms with Crippen molar-refractivity contribution in [2.24, 2.45) is 0 Å². The molecule has 1 heterocycles. The fraction of sp³-hybridized carbons (Fsp3) is 0.391. The Morgan fingerprint density at radius 3 is 2.27 bits per heavy atom. The molecule has 0 fully saturated rings. The predicted octanol–water partition coefficient (Wildman–Crippen LogP) is 4.02. The van der Waals surface area contributed by atoms with E-state index >= 15 is 0 Å². The van der Waals surface area contributed by atoms with Crippen molar-refractivity contribution in [2.45, 2.75) is 40.5 Å². The molecule has 0 saturated heterocycles. The van der Waals surface area contributed by atoms with Crippen LogP contribution in [-0.4, -0.2) is 43.5 Å². The first-order valence-corrected chi connectivity index (χ1v) is 11.3. The number of aryl methyl sites for hydroxylation is 2. The molecule has 1 aromatic heterocycles. The fourth-order valence-corrected chi connectivity index (χ4v) is 3.87. The van der Waals surface area contributed by atoms with Gasteiger partial charge < -0.3 is 19.5 Å². The van der Waals surface area contributed by atoms with Crippen LogP contribution in [0.1, 0.15) is 46.8 Å². The summed E-state index contributed by atoms with van der Waals surface area (Å²) in [5.41, 5.74) is 0.989. The van der Waals surface area contributed by atoms with Crippen molar-refractivity contribution in [3.8, 4) is 11.5 Å². The number of carbonyl (C=O) groups excluding carboxylic acids is 4. The summed E-state index contributed by atoms with van der Waals surface area (Å²) >= 11 is 1.52. The Balaban J connectivity index is 1.77. The zero-order valence-electron chi connectivity index (χ0n) is 19.1. The Hall–Kier alpha value is -3.40. The quantitative estimate of drug-likeness (QED) is 0.371. The lowest BCUT2D eigenvalue weighted by Gasteiger charge is -2.13. The molecule has 3 amide bonds. The molecule has 0 radical (unpaired) electrons. The van der Waals surface area contributed by atoms with E-state index in [1.807, 2.05) is 27.7 Å². The van der Waals surface area contributed by atoms with Gasteiger partial charge >= 0.3 is 12.0 Å². The number of urea groups is 1. The van der Waals surface area contributed by atoms with Gasteiger partial charge in [0.25, 0.3) is 5.91 Å². The number of carbonyl (C=O) groups is 4. The van der Waals surface area contributed by atoms with Crippen LogP contribution in [0.2, 0.25) is 0 Å². The van der Waals surface area contributed by atoms with Crippen LogP contribution in [0.4, 0.5) is 10.5 Å². The fourth-order valence-electron chi connectivity index (χ4n) is 2.93. The molecular weight excluding hydrogens is 448 g/mol. The maximum Gasteiger partial charge on any atom is 0.325 e. The Morgan fingerprint density at radius 2 is 1.64 bits per heavy atom. The minimum absolute atomic E-state index is 0.0160. The summed E-state index contributed by atoms with van der Waals surface area (Å²) in [6, 6.07) is 5.83. The molecule has 33 heavy (non-hydrogen) atoms. The highest BCUT2D eigenvalue weighted by Gasteiger charge is 2.16. The summed E-state index contributed by atoms with van der Waals surface area (Å²) in [5, 5.41) is 4.58. The Labute approximate surface area is 196 Å². The molecule has 0 saturated carbocycles. The van der Waals surface area contributed by atoms with E-state index in [0.29, 0.717) is 36.0 Å². The Morgan fingerprint density at radius 1 is 0.939 bits per heavy atom. The molecule has 0 bridgehead atoms. The molecule has 0 unspecified atom stereocenters. The number of anilines is 1. The molecule has 10 heteroatoms. The maximum absolute atomic E-state index is 12.2. The first-order valence-electron chi connectivity index (χ1n) is 10.5. The van der Waals surface area contributed by atoms with Gasteiger partial charge in [-0.1, -0.05) is 0 Å². The van der Waals surface area contributed by atoms with Crippen molar-refractivity contribution in [2.75, 3.05) is 25.1 Å². The first-order chi connectivity index (χ1) is 15.7. The number of thiophene rings is 1. The van der Waals surface area contributed by atoms with Gasteiger partial charge in [0.2, 0.25) is 0 Å². The number of nitrogens with one attached hydrogen (secondary N) is 2. The molecule has 9 nitrogen and oxygen atoms in total. The highest BCUT2D eigenvalue weighted by atomic mass is 32.1. The van der Waals surface area contributed by atoms with Crippen LogP contribution in [0.5, 0.6) is 11.5 Å². The lowest BCUT2D eigenvalue weighted by atomic mass is 10.1. The van der Waals surface area contributed by atoms with Crippen molar-refractivity contribution >= 4 is 40.7 Å². The van der Waals surface area contributed by atoms with Crippen molar-refractivity contribution in [1.29, 1.82) is 0 Å². The highest BCUT2D eigenvalue weighted by molar-refractivity contribution is 7.12. The Kier molecular flexibility index (Phi) is 9.86. The second-order valence-electron chi connectivity index (χ2n) is 6.94. The number of ether oxygens (including phenoxy) is 3. The molecule has 0 aliphatic heterocycles. The van der Waals surface area contributed by atoms with Gasteiger partial charge in [0.05, 0.1) is 19.6 Å². The minimum Gasteiger partial charge on any atom is -0.490 e. The summed E-state index contributed by atoms with van der Waals surface area (Å²) in [6.45, 7) is 7.67. The zero-order chi connectivity index (χ0) is 24.4. The molecule has 2 aromatic rings.